The van der Waals surface area contributed by atoms with Crippen molar-refractivity contribution in [3.8, 4) is 5.75 Å². The molecule has 118 valence electrons. The van der Waals surface area contributed by atoms with E-state index < -0.39 is 0 Å². The molecule has 0 saturated carbocycles. The van der Waals surface area contributed by atoms with Crippen molar-refractivity contribution in [2.45, 2.75) is 19.8 Å². The molecule has 0 atom stereocenters. The summed E-state index contributed by atoms with van der Waals surface area (Å²) in [4.78, 5) is 23.6. The number of hydrogen-bond donors (Lipinski definition) is 2. The monoisotopic (exact) mass is 310 g/mol. The normalized spacial score (nSPS) is 12.8. The van der Waals surface area contributed by atoms with E-state index in [0.29, 0.717) is 11.4 Å². The third-order valence-corrected chi connectivity index (χ3v) is 3.71. The maximum absolute atomic E-state index is 12.3. The summed E-state index contributed by atoms with van der Waals surface area (Å²) in [7, 11) is 0. The van der Waals surface area contributed by atoms with Gasteiger partial charge >= 0.3 is 0 Å². The lowest BCUT2D eigenvalue weighted by atomic mass is 10.1. The zero-order valence-corrected chi connectivity index (χ0v) is 12.9. The van der Waals surface area contributed by atoms with Gasteiger partial charge in [0.25, 0.3) is 5.91 Å². The number of anilines is 2. The molecule has 0 radical (unpaired) electrons. The van der Waals surface area contributed by atoms with Crippen LogP contribution < -0.4 is 15.4 Å². The van der Waals surface area contributed by atoms with E-state index in [1.54, 1.807) is 12.1 Å². The molecule has 0 spiro atoms. The Balaban J connectivity index is 1.71. The van der Waals surface area contributed by atoms with Crippen molar-refractivity contribution in [2.24, 2.45) is 0 Å². The third-order valence-electron chi connectivity index (χ3n) is 3.71. The fourth-order valence-corrected chi connectivity index (χ4v) is 2.57. The lowest BCUT2D eigenvalue weighted by Crippen LogP contribution is -2.25. The lowest BCUT2D eigenvalue weighted by molar-refractivity contribution is -0.118. The van der Waals surface area contributed by atoms with Gasteiger partial charge in [0.05, 0.1) is 12.1 Å². The minimum absolute atomic E-state index is 0.0284. The molecule has 0 aliphatic carbocycles. The maximum atomic E-state index is 12.3. The number of benzene rings is 2. The lowest BCUT2D eigenvalue weighted by Gasteiger charge is -2.18. The smallest absolute Gasteiger partial charge is 0.262 e. The van der Waals surface area contributed by atoms with E-state index in [1.807, 2.05) is 30.3 Å². The van der Waals surface area contributed by atoms with Gasteiger partial charge in [-0.2, -0.15) is 0 Å². The van der Waals surface area contributed by atoms with Crippen LogP contribution >= 0.6 is 0 Å². The first kappa shape index (κ1) is 15.1. The highest BCUT2D eigenvalue weighted by molar-refractivity contribution is 5.96. The van der Waals surface area contributed by atoms with Gasteiger partial charge < -0.3 is 15.4 Å². The summed E-state index contributed by atoms with van der Waals surface area (Å²) in [6.45, 7) is 2.08. The van der Waals surface area contributed by atoms with Gasteiger partial charge in [-0.3, -0.25) is 9.59 Å². The van der Waals surface area contributed by atoms with Crippen LogP contribution in [0.25, 0.3) is 0 Å². The average molecular weight is 310 g/mol. The standard InChI is InChI=1S/C18H18N2O3/c1-2-13-5-3-4-6-14(13)19-17(21)10-12-7-8-16-15(9-12)20-18(22)11-23-16/h3-9H,2,10-11H2,1H3,(H,19,21)(H,20,22). The van der Waals surface area contributed by atoms with Crippen LogP contribution in [0.5, 0.6) is 5.75 Å². The number of ether oxygens (including phenoxy) is 1. The summed E-state index contributed by atoms with van der Waals surface area (Å²) in [5.41, 5.74) is 3.38. The number of fused-ring (bicyclic) bond motifs is 1. The van der Waals surface area contributed by atoms with Gasteiger partial charge in [-0.15, -0.1) is 0 Å². The SMILES string of the molecule is CCc1ccccc1NC(=O)Cc1ccc2c(c1)NC(=O)CO2. The molecule has 0 aromatic heterocycles. The summed E-state index contributed by atoms with van der Waals surface area (Å²) in [6.07, 6.45) is 1.10. The fraction of sp³-hybridized carbons (Fsp3) is 0.222. The minimum atomic E-state index is -0.184. The Morgan fingerprint density at radius 2 is 2.09 bits per heavy atom. The third kappa shape index (κ3) is 3.51. The highest BCUT2D eigenvalue weighted by Crippen LogP contribution is 2.28. The molecule has 2 amide bonds. The van der Waals surface area contributed by atoms with Gasteiger partial charge in [0.2, 0.25) is 5.91 Å². The Bertz CT molecular complexity index is 756. The van der Waals surface area contributed by atoms with Gasteiger partial charge in [-0.25, -0.2) is 0 Å². The van der Waals surface area contributed by atoms with Crippen LogP contribution in [0, 0.1) is 0 Å². The van der Waals surface area contributed by atoms with Crippen molar-refractivity contribution in [3.63, 3.8) is 0 Å². The number of nitrogens with one attached hydrogen (secondary N) is 2. The number of aryl methyl sites for hydroxylation is 1. The molecule has 3 rings (SSSR count). The van der Waals surface area contributed by atoms with Crippen LogP contribution in [-0.4, -0.2) is 18.4 Å². The van der Waals surface area contributed by atoms with E-state index in [9.17, 15) is 9.59 Å². The highest BCUT2D eigenvalue weighted by atomic mass is 16.5. The molecule has 1 heterocycles. The Hall–Kier alpha value is -2.82. The van der Waals surface area contributed by atoms with Gasteiger partial charge in [0.1, 0.15) is 5.75 Å². The fourth-order valence-electron chi connectivity index (χ4n) is 2.57. The van der Waals surface area contributed by atoms with Crippen LogP contribution in [0.1, 0.15) is 18.1 Å². The summed E-state index contributed by atoms with van der Waals surface area (Å²) < 4.78 is 5.31. The predicted octanol–water partition coefficient (Wildman–Crippen LogP) is 2.76. The van der Waals surface area contributed by atoms with E-state index in [1.165, 1.54) is 0 Å². The Labute approximate surface area is 134 Å². The first-order chi connectivity index (χ1) is 11.2. The summed E-state index contributed by atoms with van der Waals surface area (Å²) in [5, 5.41) is 5.69. The maximum Gasteiger partial charge on any atom is 0.262 e. The second kappa shape index (κ2) is 6.52. The largest absolute Gasteiger partial charge is 0.482 e. The zero-order valence-electron chi connectivity index (χ0n) is 12.9. The molecule has 5 nitrogen and oxygen atoms in total. The summed E-state index contributed by atoms with van der Waals surface area (Å²) in [6, 6.07) is 13.1. The van der Waals surface area contributed by atoms with E-state index in [0.717, 1.165) is 23.2 Å². The van der Waals surface area contributed by atoms with Crippen LogP contribution in [0.15, 0.2) is 42.5 Å². The molecule has 1 aliphatic rings. The minimum Gasteiger partial charge on any atom is -0.482 e. The molecule has 0 saturated heterocycles. The molecule has 2 N–H and O–H groups in total. The Kier molecular flexibility index (Phi) is 4.28. The predicted molar refractivity (Wildman–Crippen MR) is 88.7 cm³/mol. The number of para-hydroxylation sites is 1. The first-order valence-corrected chi connectivity index (χ1v) is 7.59. The molecule has 5 heteroatoms. The topological polar surface area (TPSA) is 67.4 Å². The van der Waals surface area contributed by atoms with Crippen molar-refractivity contribution < 1.29 is 14.3 Å². The van der Waals surface area contributed by atoms with Gasteiger partial charge in [-0.1, -0.05) is 31.2 Å². The summed E-state index contributed by atoms with van der Waals surface area (Å²) >= 11 is 0. The molecule has 1 aliphatic heterocycles. The van der Waals surface area contributed by atoms with Crippen molar-refractivity contribution in [3.05, 3.63) is 53.6 Å². The second-order valence-electron chi connectivity index (χ2n) is 5.40. The van der Waals surface area contributed by atoms with E-state index in [2.05, 4.69) is 17.6 Å². The van der Waals surface area contributed by atoms with Crippen molar-refractivity contribution in [1.29, 1.82) is 0 Å². The van der Waals surface area contributed by atoms with Gasteiger partial charge in [0, 0.05) is 5.69 Å². The molecule has 0 fully saturated rings. The van der Waals surface area contributed by atoms with Crippen LogP contribution in [-0.2, 0) is 22.4 Å². The number of hydrogen-bond acceptors (Lipinski definition) is 3. The van der Waals surface area contributed by atoms with Crippen molar-refractivity contribution in [2.75, 3.05) is 17.2 Å². The highest BCUT2D eigenvalue weighted by Gasteiger charge is 2.16. The van der Waals surface area contributed by atoms with E-state index in [4.69, 9.17) is 4.74 Å². The Morgan fingerprint density at radius 3 is 2.91 bits per heavy atom. The molecule has 0 unspecified atom stereocenters. The molecule has 2 aromatic carbocycles. The molecule has 2 aromatic rings. The second-order valence-corrected chi connectivity index (χ2v) is 5.40. The zero-order chi connectivity index (χ0) is 16.2. The number of amides is 2. The van der Waals surface area contributed by atoms with Crippen molar-refractivity contribution >= 4 is 23.2 Å². The molecule has 23 heavy (non-hydrogen) atoms. The van der Waals surface area contributed by atoms with Crippen molar-refractivity contribution in [1.82, 2.24) is 0 Å². The molecular formula is C18H18N2O3. The number of carbonyl (C=O) groups excluding carboxylic acids is 2. The van der Waals surface area contributed by atoms with E-state index in [-0.39, 0.29) is 24.8 Å². The number of rotatable bonds is 4. The first-order valence-electron chi connectivity index (χ1n) is 7.59. The van der Waals surface area contributed by atoms with Crippen LogP contribution in [0.4, 0.5) is 11.4 Å². The molecule has 0 bridgehead atoms. The van der Waals surface area contributed by atoms with Crippen LogP contribution in [0.3, 0.4) is 0 Å². The van der Waals surface area contributed by atoms with E-state index >= 15 is 0 Å². The summed E-state index contributed by atoms with van der Waals surface area (Å²) in [5.74, 6) is 0.356. The molecular weight excluding hydrogens is 292 g/mol. The van der Waals surface area contributed by atoms with Gasteiger partial charge in [0.15, 0.2) is 6.61 Å². The van der Waals surface area contributed by atoms with Gasteiger partial charge in [-0.05, 0) is 35.7 Å². The van der Waals surface area contributed by atoms with Crippen LogP contribution in [0.2, 0.25) is 0 Å². The quantitative estimate of drug-likeness (QED) is 0.912. The number of carbonyl (C=O) groups is 2. The Morgan fingerprint density at radius 1 is 1.26 bits per heavy atom. The average Bonchev–Trinajstić information content (AvgIpc) is 2.55.